The van der Waals surface area contributed by atoms with E-state index in [1.807, 2.05) is 0 Å². The van der Waals surface area contributed by atoms with Crippen molar-refractivity contribution in [2.24, 2.45) is 0 Å². The number of carbonyl (C=O) groups is 2. The molecule has 1 aromatic carbocycles. The molecule has 6 nitrogen and oxygen atoms in total. The molecule has 1 unspecified atom stereocenters. The summed E-state index contributed by atoms with van der Waals surface area (Å²) in [5.74, 6) is -1.34. The van der Waals surface area contributed by atoms with Gasteiger partial charge in [0.15, 0.2) is 6.10 Å². The molecule has 0 saturated heterocycles. The fourth-order valence-corrected chi connectivity index (χ4v) is 1.98. The number of rotatable bonds is 3. The van der Waals surface area contributed by atoms with Crippen LogP contribution < -0.4 is 10.2 Å². The van der Waals surface area contributed by atoms with Gasteiger partial charge in [-0.1, -0.05) is 0 Å². The van der Waals surface area contributed by atoms with Crippen molar-refractivity contribution in [1.29, 1.82) is 0 Å². The predicted octanol–water partition coefficient (Wildman–Crippen LogP) is 0.336. The van der Waals surface area contributed by atoms with Gasteiger partial charge in [-0.15, -0.1) is 0 Å². The number of hydrogen-bond donors (Lipinski definition) is 2. The second kappa shape index (κ2) is 5.09. The molecular formula is C13H16FN3O3. The van der Waals surface area contributed by atoms with Crippen molar-refractivity contribution >= 4 is 23.2 Å². The molecule has 0 saturated carbocycles. The van der Waals surface area contributed by atoms with Crippen LogP contribution in [0.5, 0.6) is 0 Å². The molecule has 2 rings (SSSR count). The third kappa shape index (κ3) is 2.44. The van der Waals surface area contributed by atoms with E-state index in [9.17, 15) is 19.1 Å². The van der Waals surface area contributed by atoms with Gasteiger partial charge in [0, 0.05) is 32.4 Å². The van der Waals surface area contributed by atoms with Crippen molar-refractivity contribution in [3.63, 3.8) is 0 Å². The summed E-state index contributed by atoms with van der Waals surface area (Å²) in [6.07, 6.45) is -1.35. The van der Waals surface area contributed by atoms with Crippen LogP contribution in [0.15, 0.2) is 12.1 Å². The Bertz CT molecular complexity index is 574. The van der Waals surface area contributed by atoms with Gasteiger partial charge >= 0.3 is 0 Å². The van der Waals surface area contributed by atoms with Gasteiger partial charge in [0.05, 0.1) is 12.2 Å². The Labute approximate surface area is 115 Å². The van der Waals surface area contributed by atoms with E-state index in [2.05, 4.69) is 5.32 Å². The molecular weight excluding hydrogens is 265 g/mol. The highest BCUT2D eigenvalue weighted by Crippen LogP contribution is 2.35. The number of benzene rings is 1. The summed E-state index contributed by atoms with van der Waals surface area (Å²) in [4.78, 5) is 25.8. The quantitative estimate of drug-likeness (QED) is 0.838. The molecule has 0 aromatic heterocycles. The average Bonchev–Trinajstić information content (AvgIpc) is 2.64. The average molecular weight is 281 g/mol. The van der Waals surface area contributed by atoms with Crippen LogP contribution in [0.3, 0.4) is 0 Å². The number of nitrogens with one attached hydrogen (secondary N) is 1. The molecule has 2 N–H and O–H groups in total. The zero-order valence-corrected chi connectivity index (χ0v) is 11.5. The van der Waals surface area contributed by atoms with E-state index in [1.165, 1.54) is 15.9 Å². The zero-order chi connectivity index (χ0) is 15.0. The van der Waals surface area contributed by atoms with Crippen LogP contribution in [0, 0.1) is 5.82 Å². The van der Waals surface area contributed by atoms with Gasteiger partial charge in [-0.25, -0.2) is 4.39 Å². The Balaban J connectivity index is 2.28. The number of anilines is 2. The molecule has 1 heterocycles. The number of aliphatic hydroxyl groups excluding tert-OH is 1. The molecule has 1 aliphatic rings. The van der Waals surface area contributed by atoms with Crippen molar-refractivity contribution < 1.29 is 19.1 Å². The first-order chi connectivity index (χ1) is 9.31. The number of nitrogens with zero attached hydrogens (tertiary/aromatic N) is 2. The van der Waals surface area contributed by atoms with Gasteiger partial charge in [0.2, 0.25) is 5.91 Å². The fourth-order valence-electron chi connectivity index (χ4n) is 1.98. The predicted molar refractivity (Wildman–Crippen MR) is 72.0 cm³/mol. The van der Waals surface area contributed by atoms with Gasteiger partial charge in [-0.3, -0.25) is 9.59 Å². The molecule has 2 amide bonds. The summed E-state index contributed by atoms with van der Waals surface area (Å²) < 4.78 is 14.0. The lowest BCUT2D eigenvalue weighted by molar-refractivity contribution is -0.127. The second-order valence-corrected chi connectivity index (χ2v) is 4.93. The van der Waals surface area contributed by atoms with Gasteiger partial charge in [-0.05, 0) is 12.1 Å². The summed E-state index contributed by atoms with van der Waals surface area (Å²) in [6.45, 7) is 0.0131. The van der Waals surface area contributed by atoms with Crippen LogP contribution in [0.4, 0.5) is 15.8 Å². The molecule has 0 spiro atoms. The van der Waals surface area contributed by atoms with Crippen LogP contribution in [-0.4, -0.2) is 49.5 Å². The number of likely N-dealkylation sites (N-methyl/N-ethyl adjacent to an activating group) is 2. The Kier molecular flexibility index (Phi) is 3.63. The standard InChI is InChI=1S/C13H16FN3O3/c1-16(2)11(18)6-17(3)10-5-9-7(4-8(10)14)12(19)13(20)15-9/h4-5,12,19H,6H2,1-3H3,(H,15,20). The molecule has 20 heavy (non-hydrogen) atoms. The Morgan fingerprint density at radius 3 is 2.65 bits per heavy atom. The maximum Gasteiger partial charge on any atom is 0.257 e. The molecule has 0 fully saturated rings. The highest BCUT2D eigenvalue weighted by atomic mass is 19.1. The summed E-state index contributed by atoms with van der Waals surface area (Å²) in [5, 5.41) is 12.0. The van der Waals surface area contributed by atoms with E-state index in [4.69, 9.17) is 0 Å². The van der Waals surface area contributed by atoms with Crippen molar-refractivity contribution in [2.75, 3.05) is 37.9 Å². The lowest BCUT2D eigenvalue weighted by atomic mass is 10.1. The normalized spacial score (nSPS) is 16.6. The van der Waals surface area contributed by atoms with E-state index in [0.717, 1.165) is 6.07 Å². The summed E-state index contributed by atoms with van der Waals surface area (Å²) in [7, 11) is 4.82. The molecule has 1 aromatic rings. The van der Waals surface area contributed by atoms with Crippen molar-refractivity contribution in [3.05, 3.63) is 23.5 Å². The summed E-state index contributed by atoms with van der Waals surface area (Å²) >= 11 is 0. The molecule has 0 aliphatic carbocycles. The van der Waals surface area contributed by atoms with Crippen molar-refractivity contribution in [1.82, 2.24) is 4.90 Å². The third-order valence-corrected chi connectivity index (χ3v) is 3.20. The molecule has 1 aliphatic heterocycles. The molecule has 7 heteroatoms. The first kappa shape index (κ1) is 14.3. The van der Waals surface area contributed by atoms with E-state index < -0.39 is 17.8 Å². The van der Waals surface area contributed by atoms with Gasteiger partial charge in [0.25, 0.3) is 5.91 Å². The van der Waals surface area contributed by atoms with Crippen LogP contribution in [0.25, 0.3) is 0 Å². The van der Waals surface area contributed by atoms with Crippen LogP contribution >= 0.6 is 0 Å². The Morgan fingerprint density at radius 2 is 2.05 bits per heavy atom. The van der Waals surface area contributed by atoms with Crippen molar-refractivity contribution in [3.8, 4) is 0 Å². The zero-order valence-electron chi connectivity index (χ0n) is 11.5. The molecule has 1 atom stereocenters. The van der Waals surface area contributed by atoms with Crippen LogP contribution in [-0.2, 0) is 9.59 Å². The number of hydrogen-bond acceptors (Lipinski definition) is 4. The third-order valence-electron chi connectivity index (χ3n) is 3.20. The smallest absolute Gasteiger partial charge is 0.257 e. The first-order valence-electron chi connectivity index (χ1n) is 6.05. The second-order valence-electron chi connectivity index (χ2n) is 4.93. The molecule has 108 valence electrons. The molecule has 0 bridgehead atoms. The van der Waals surface area contributed by atoms with Crippen LogP contribution in [0.2, 0.25) is 0 Å². The Morgan fingerprint density at radius 1 is 1.40 bits per heavy atom. The molecule has 0 radical (unpaired) electrons. The maximum absolute atomic E-state index is 14.0. The van der Waals surface area contributed by atoms with E-state index in [1.54, 1.807) is 21.1 Å². The first-order valence-corrected chi connectivity index (χ1v) is 6.05. The minimum atomic E-state index is -1.35. The van der Waals surface area contributed by atoms with Gasteiger partial charge < -0.3 is 20.2 Å². The van der Waals surface area contributed by atoms with E-state index in [0.29, 0.717) is 5.69 Å². The van der Waals surface area contributed by atoms with Gasteiger partial charge in [0.1, 0.15) is 5.82 Å². The fraction of sp³-hybridized carbons (Fsp3) is 0.385. The lowest BCUT2D eigenvalue weighted by Crippen LogP contribution is -2.34. The van der Waals surface area contributed by atoms with E-state index >= 15 is 0 Å². The minimum Gasteiger partial charge on any atom is -0.378 e. The Hall–Kier alpha value is -2.15. The van der Waals surface area contributed by atoms with Crippen LogP contribution in [0.1, 0.15) is 11.7 Å². The number of aliphatic hydroxyl groups is 1. The maximum atomic E-state index is 14.0. The number of fused-ring (bicyclic) bond motifs is 1. The number of carbonyl (C=O) groups excluding carboxylic acids is 2. The number of halogens is 1. The number of amides is 2. The monoisotopic (exact) mass is 281 g/mol. The lowest BCUT2D eigenvalue weighted by Gasteiger charge is -2.22. The largest absolute Gasteiger partial charge is 0.378 e. The topological polar surface area (TPSA) is 72.9 Å². The highest BCUT2D eigenvalue weighted by Gasteiger charge is 2.30. The van der Waals surface area contributed by atoms with E-state index in [-0.39, 0.29) is 23.7 Å². The minimum absolute atomic E-state index is 0.0131. The summed E-state index contributed by atoms with van der Waals surface area (Å²) in [6, 6.07) is 2.53. The highest BCUT2D eigenvalue weighted by molar-refractivity contribution is 6.02. The SMILES string of the molecule is CN(C)C(=O)CN(C)c1cc2c(cc1F)C(O)C(=O)N2. The summed E-state index contributed by atoms with van der Waals surface area (Å²) in [5.41, 5.74) is 0.764. The van der Waals surface area contributed by atoms with Gasteiger partial charge in [-0.2, -0.15) is 0 Å². The van der Waals surface area contributed by atoms with Crippen molar-refractivity contribution in [2.45, 2.75) is 6.10 Å².